The Morgan fingerprint density at radius 2 is 2.05 bits per heavy atom. The van der Waals surface area contributed by atoms with Crippen molar-refractivity contribution in [3.63, 3.8) is 0 Å². The molecule has 1 aromatic heterocycles. The second-order valence-corrected chi connectivity index (χ2v) is 5.48. The molecule has 0 bridgehead atoms. The Kier molecular flexibility index (Phi) is 3.31. The van der Waals surface area contributed by atoms with Crippen molar-refractivity contribution in [2.45, 2.75) is 6.92 Å². The van der Waals surface area contributed by atoms with Crippen molar-refractivity contribution in [2.24, 2.45) is 0 Å². The van der Waals surface area contributed by atoms with Gasteiger partial charge >= 0.3 is 0 Å². The van der Waals surface area contributed by atoms with Crippen LogP contribution < -0.4 is 4.74 Å². The Hall–Kier alpha value is -2.47. The number of aromatic nitrogens is 1. The highest BCUT2D eigenvalue weighted by Crippen LogP contribution is 2.38. The summed E-state index contributed by atoms with van der Waals surface area (Å²) in [6.45, 7) is 1.99. The molecule has 3 rings (SSSR count). The summed E-state index contributed by atoms with van der Waals surface area (Å²) in [5.74, 6) is 0.708. The van der Waals surface area contributed by atoms with E-state index in [1.54, 1.807) is 19.2 Å². The van der Waals surface area contributed by atoms with Crippen molar-refractivity contribution in [1.29, 1.82) is 0 Å². The highest BCUT2D eigenvalue weighted by atomic mass is 32.1. The molecular formula is C15H12N2O3S. The van der Waals surface area contributed by atoms with Gasteiger partial charge in [0.1, 0.15) is 5.75 Å². The van der Waals surface area contributed by atoms with Crippen molar-refractivity contribution >= 4 is 27.3 Å². The van der Waals surface area contributed by atoms with Gasteiger partial charge in [-0.25, -0.2) is 0 Å². The van der Waals surface area contributed by atoms with E-state index in [-0.39, 0.29) is 5.69 Å². The van der Waals surface area contributed by atoms with Gasteiger partial charge in [0.15, 0.2) is 0 Å². The summed E-state index contributed by atoms with van der Waals surface area (Å²) < 4.78 is 10.8. The highest BCUT2D eigenvalue weighted by Gasteiger charge is 2.16. The highest BCUT2D eigenvalue weighted by molar-refractivity contribution is 7.13. The zero-order valence-corrected chi connectivity index (χ0v) is 12.3. The lowest BCUT2D eigenvalue weighted by Gasteiger charge is -2.07. The Labute approximate surface area is 125 Å². The molecule has 0 N–H and O–H groups in total. The molecule has 0 unspecified atom stereocenters. The lowest BCUT2D eigenvalue weighted by atomic mass is 10.0. The number of rotatable bonds is 3. The first-order valence-electron chi connectivity index (χ1n) is 6.29. The van der Waals surface area contributed by atoms with Crippen LogP contribution in [-0.2, 0) is 0 Å². The van der Waals surface area contributed by atoms with E-state index in [0.717, 1.165) is 26.9 Å². The molecule has 1 heterocycles. The van der Waals surface area contributed by atoms with Crippen LogP contribution in [0.25, 0.3) is 21.3 Å². The van der Waals surface area contributed by atoms with Gasteiger partial charge in [-0.1, -0.05) is 11.6 Å². The molecule has 2 aromatic carbocycles. The van der Waals surface area contributed by atoms with Crippen molar-refractivity contribution in [3.05, 3.63) is 52.1 Å². The van der Waals surface area contributed by atoms with Gasteiger partial charge in [-0.3, -0.25) is 10.1 Å². The molecule has 0 aliphatic carbocycles. The van der Waals surface area contributed by atoms with Gasteiger partial charge in [0.05, 0.1) is 22.4 Å². The summed E-state index contributed by atoms with van der Waals surface area (Å²) in [5, 5.41) is 11.7. The Morgan fingerprint density at radius 1 is 1.24 bits per heavy atom. The number of nitro groups is 1. The van der Waals surface area contributed by atoms with Crippen LogP contribution in [-0.4, -0.2) is 16.4 Å². The summed E-state index contributed by atoms with van der Waals surface area (Å²) in [4.78, 5) is 10.6. The summed E-state index contributed by atoms with van der Waals surface area (Å²) in [5.41, 5.74) is 2.72. The van der Waals surface area contributed by atoms with Gasteiger partial charge in [0.2, 0.25) is 0 Å². The first-order valence-corrected chi connectivity index (χ1v) is 7.06. The third-order valence-corrected chi connectivity index (χ3v) is 4.10. The van der Waals surface area contributed by atoms with Crippen molar-refractivity contribution in [3.8, 4) is 17.0 Å². The maximum absolute atomic E-state index is 11.0. The van der Waals surface area contributed by atoms with E-state index >= 15 is 0 Å². The van der Waals surface area contributed by atoms with Gasteiger partial charge < -0.3 is 4.74 Å². The normalized spacial score (nSPS) is 10.8. The van der Waals surface area contributed by atoms with Crippen molar-refractivity contribution < 1.29 is 9.66 Å². The van der Waals surface area contributed by atoms with E-state index < -0.39 is 4.92 Å². The zero-order chi connectivity index (χ0) is 15.0. The minimum Gasteiger partial charge on any atom is -0.496 e. The molecule has 21 heavy (non-hydrogen) atoms. The van der Waals surface area contributed by atoms with E-state index in [2.05, 4.69) is 4.37 Å². The molecule has 0 radical (unpaired) electrons. The molecule has 0 saturated heterocycles. The first-order chi connectivity index (χ1) is 10.1. The van der Waals surface area contributed by atoms with Gasteiger partial charge in [-0.2, -0.15) is 4.37 Å². The Morgan fingerprint density at radius 3 is 2.76 bits per heavy atom. The SMILES string of the molecule is COc1ccc(C)cc1-c1nsc2ccc([N+](=O)[O-])cc12. The maximum Gasteiger partial charge on any atom is 0.270 e. The van der Waals surface area contributed by atoms with Crippen molar-refractivity contribution in [2.75, 3.05) is 7.11 Å². The first kappa shape index (κ1) is 13.5. The summed E-state index contributed by atoms with van der Waals surface area (Å²) in [6.07, 6.45) is 0. The summed E-state index contributed by atoms with van der Waals surface area (Å²) in [7, 11) is 1.60. The second kappa shape index (κ2) is 5.14. The van der Waals surface area contributed by atoms with Crippen LogP contribution in [0.2, 0.25) is 0 Å². The molecule has 0 saturated carbocycles. The van der Waals surface area contributed by atoms with Crippen LogP contribution >= 0.6 is 11.5 Å². The number of methoxy groups -OCH3 is 1. The summed E-state index contributed by atoms with van der Waals surface area (Å²) >= 11 is 1.33. The number of benzene rings is 2. The predicted octanol–water partition coefficient (Wildman–Crippen LogP) is 4.19. The van der Waals surface area contributed by atoms with E-state index in [1.807, 2.05) is 25.1 Å². The fourth-order valence-electron chi connectivity index (χ4n) is 2.24. The van der Waals surface area contributed by atoms with Crippen LogP contribution in [0, 0.1) is 17.0 Å². The van der Waals surface area contributed by atoms with E-state index in [9.17, 15) is 10.1 Å². The average Bonchev–Trinajstić information content (AvgIpc) is 2.89. The number of nitrogens with zero attached hydrogens (tertiary/aromatic N) is 2. The molecule has 0 fully saturated rings. The average molecular weight is 300 g/mol. The number of non-ortho nitro benzene ring substituents is 1. The largest absolute Gasteiger partial charge is 0.496 e. The van der Waals surface area contributed by atoms with Crippen molar-refractivity contribution in [1.82, 2.24) is 4.37 Å². The third kappa shape index (κ3) is 2.34. The molecule has 0 amide bonds. The minimum atomic E-state index is -0.394. The number of nitro benzene ring substituents is 1. The molecule has 6 heteroatoms. The molecule has 5 nitrogen and oxygen atoms in total. The number of hydrogen-bond donors (Lipinski definition) is 0. The lowest BCUT2D eigenvalue weighted by molar-refractivity contribution is -0.384. The third-order valence-electron chi connectivity index (χ3n) is 3.27. The van der Waals surface area contributed by atoms with Gasteiger partial charge in [-0.05, 0) is 36.7 Å². The molecule has 0 atom stereocenters. The van der Waals surface area contributed by atoms with E-state index in [0.29, 0.717) is 5.75 Å². The number of fused-ring (bicyclic) bond motifs is 1. The maximum atomic E-state index is 11.0. The Balaban J connectivity index is 2.27. The fraction of sp³-hybridized carbons (Fsp3) is 0.133. The van der Waals surface area contributed by atoms with E-state index in [1.165, 1.54) is 17.6 Å². The van der Waals surface area contributed by atoms with E-state index in [4.69, 9.17) is 4.74 Å². The van der Waals surface area contributed by atoms with Crippen LogP contribution in [0.15, 0.2) is 36.4 Å². The van der Waals surface area contributed by atoms with Gasteiger partial charge in [0.25, 0.3) is 5.69 Å². The predicted molar refractivity (Wildman–Crippen MR) is 83.0 cm³/mol. The van der Waals surface area contributed by atoms with Crippen LogP contribution in [0.4, 0.5) is 5.69 Å². The van der Waals surface area contributed by atoms with Gasteiger partial charge in [0, 0.05) is 23.1 Å². The topological polar surface area (TPSA) is 65.3 Å². The fourth-order valence-corrected chi connectivity index (χ4v) is 3.01. The quantitative estimate of drug-likeness (QED) is 0.537. The number of aryl methyl sites for hydroxylation is 1. The number of ether oxygens (including phenoxy) is 1. The molecule has 3 aromatic rings. The molecule has 0 spiro atoms. The van der Waals surface area contributed by atoms with Crippen LogP contribution in [0.3, 0.4) is 0 Å². The summed E-state index contributed by atoms with van der Waals surface area (Å²) in [6, 6.07) is 10.6. The smallest absolute Gasteiger partial charge is 0.270 e. The minimum absolute atomic E-state index is 0.0653. The molecular weight excluding hydrogens is 288 g/mol. The zero-order valence-electron chi connectivity index (χ0n) is 11.5. The lowest BCUT2D eigenvalue weighted by Crippen LogP contribution is -1.90. The molecule has 0 aliphatic rings. The van der Waals surface area contributed by atoms with Crippen LogP contribution in [0.5, 0.6) is 5.75 Å². The molecule has 106 valence electrons. The molecule has 0 aliphatic heterocycles. The standard InChI is InChI=1S/C15H12N2O3S/c1-9-3-5-13(20-2)11(7-9)15-12-8-10(17(18)19)4-6-14(12)21-16-15/h3-8H,1-2H3. The monoisotopic (exact) mass is 300 g/mol. The van der Waals surface area contributed by atoms with Gasteiger partial charge in [-0.15, -0.1) is 0 Å². The Bertz CT molecular complexity index is 842. The second-order valence-electron chi connectivity index (χ2n) is 4.67. The number of hydrogen-bond acceptors (Lipinski definition) is 5. The van der Waals surface area contributed by atoms with Crippen LogP contribution in [0.1, 0.15) is 5.56 Å².